The number of benzene rings is 2. The van der Waals surface area contributed by atoms with Crippen LogP contribution in [0.15, 0.2) is 48.5 Å². The third-order valence-electron chi connectivity index (χ3n) is 7.79. The Morgan fingerprint density at radius 2 is 1.80 bits per heavy atom. The molecule has 11 heteroatoms. The molecular formula is C30H35F4NO6. The highest BCUT2D eigenvalue weighted by atomic mass is 19.4. The van der Waals surface area contributed by atoms with E-state index in [-0.39, 0.29) is 38.1 Å². The van der Waals surface area contributed by atoms with Gasteiger partial charge in [0, 0.05) is 31.6 Å². The predicted molar refractivity (Wildman–Crippen MR) is 139 cm³/mol. The number of ether oxygens (including phenoxy) is 5. The van der Waals surface area contributed by atoms with Crippen LogP contribution in [0.2, 0.25) is 0 Å². The lowest BCUT2D eigenvalue weighted by Gasteiger charge is -2.43. The van der Waals surface area contributed by atoms with Crippen LogP contribution in [0.1, 0.15) is 56.2 Å². The minimum atomic E-state index is -4.44. The molecule has 7 nitrogen and oxygen atoms in total. The van der Waals surface area contributed by atoms with E-state index in [1.165, 1.54) is 18.2 Å². The number of alkyl halides is 3. The molecule has 3 fully saturated rings. The van der Waals surface area contributed by atoms with Gasteiger partial charge in [-0.25, -0.2) is 4.39 Å². The monoisotopic (exact) mass is 581 g/mol. The molecule has 41 heavy (non-hydrogen) atoms. The van der Waals surface area contributed by atoms with Crippen molar-refractivity contribution in [3.05, 3.63) is 71.0 Å². The van der Waals surface area contributed by atoms with E-state index in [0.717, 1.165) is 25.0 Å². The Bertz CT molecular complexity index is 1200. The van der Waals surface area contributed by atoms with Crippen molar-refractivity contribution < 1.29 is 46.0 Å². The zero-order valence-corrected chi connectivity index (χ0v) is 23.0. The largest absolute Gasteiger partial charge is 0.416 e. The number of rotatable bonds is 9. The standard InChI is InChI=1S/C30H35F4NO6/c1-28(2)40-25-15-29(27(36)35-16-22-7-5-13-37-22,39-18-20-6-3-4-8-23(20)31)14-24(26(25)41-28)38-17-19-9-11-21(12-10-19)30(32,33)34/h3-4,6,8-12,22,24-26H,5,7,13-18H2,1-2H3,(H,35,36)/t22-,24+,25-,26+,29-/m1/s1. The van der Waals surface area contributed by atoms with Crippen molar-refractivity contribution >= 4 is 5.91 Å². The first-order valence-corrected chi connectivity index (χ1v) is 13.8. The van der Waals surface area contributed by atoms with Gasteiger partial charge in [0.05, 0.1) is 37.1 Å². The van der Waals surface area contributed by atoms with Gasteiger partial charge in [-0.3, -0.25) is 4.79 Å². The summed E-state index contributed by atoms with van der Waals surface area (Å²) in [7, 11) is 0. The fourth-order valence-electron chi connectivity index (χ4n) is 5.71. The van der Waals surface area contributed by atoms with Crippen molar-refractivity contribution in [1.29, 1.82) is 0 Å². The molecule has 1 saturated carbocycles. The Morgan fingerprint density at radius 3 is 2.49 bits per heavy atom. The number of hydrogen-bond donors (Lipinski definition) is 1. The molecule has 1 amide bonds. The number of hydrogen-bond acceptors (Lipinski definition) is 6. The van der Waals surface area contributed by atoms with Gasteiger partial charge in [0.1, 0.15) is 11.9 Å². The fraction of sp³-hybridized carbons (Fsp3) is 0.567. The summed E-state index contributed by atoms with van der Waals surface area (Å²) in [5.41, 5.74) is -1.38. The highest BCUT2D eigenvalue weighted by Gasteiger charge is 2.58. The summed E-state index contributed by atoms with van der Waals surface area (Å²) in [4.78, 5) is 13.8. The maximum atomic E-state index is 14.5. The zero-order chi connectivity index (χ0) is 29.3. The molecule has 2 aromatic rings. The SMILES string of the molecule is CC1(C)O[C@H]2[C@@H](OCc3ccc(C(F)(F)F)cc3)C[C@](OCc3ccccc3F)(C(=O)NC[C@H]3CCCO3)C[C@H]2O1. The molecule has 1 N–H and O–H groups in total. The maximum Gasteiger partial charge on any atom is 0.416 e. The summed E-state index contributed by atoms with van der Waals surface area (Å²) in [6, 6.07) is 10.9. The molecule has 224 valence electrons. The average molecular weight is 582 g/mol. The molecule has 5 rings (SSSR count). The molecule has 5 atom stereocenters. The van der Waals surface area contributed by atoms with Gasteiger partial charge in [-0.2, -0.15) is 13.2 Å². The summed E-state index contributed by atoms with van der Waals surface area (Å²) in [5.74, 6) is -1.80. The van der Waals surface area contributed by atoms with E-state index < -0.39 is 47.3 Å². The lowest BCUT2D eigenvalue weighted by molar-refractivity contribution is -0.184. The van der Waals surface area contributed by atoms with Crippen molar-refractivity contribution in [1.82, 2.24) is 5.32 Å². The fourth-order valence-corrected chi connectivity index (χ4v) is 5.71. The maximum absolute atomic E-state index is 14.5. The Kier molecular flexibility index (Phi) is 8.73. The molecule has 0 unspecified atom stereocenters. The highest BCUT2D eigenvalue weighted by Crippen LogP contribution is 2.44. The Balaban J connectivity index is 1.38. The van der Waals surface area contributed by atoms with Crippen molar-refractivity contribution in [3.63, 3.8) is 0 Å². The van der Waals surface area contributed by atoms with E-state index in [2.05, 4.69) is 5.32 Å². The second-order valence-corrected chi connectivity index (χ2v) is 11.3. The van der Waals surface area contributed by atoms with Crippen LogP contribution in [-0.2, 0) is 47.9 Å². The third kappa shape index (κ3) is 7.09. The van der Waals surface area contributed by atoms with Crippen molar-refractivity contribution in [2.75, 3.05) is 13.2 Å². The normalized spacial score (nSPS) is 29.3. The lowest BCUT2D eigenvalue weighted by atomic mass is 9.78. The van der Waals surface area contributed by atoms with Crippen molar-refractivity contribution in [2.24, 2.45) is 0 Å². The van der Waals surface area contributed by atoms with Crippen LogP contribution in [0.5, 0.6) is 0 Å². The van der Waals surface area contributed by atoms with Crippen molar-refractivity contribution in [2.45, 2.75) is 94.7 Å². The summed E-state index contributed by atoms with van der Waals surface area (Å²) in [5, 5.41) is 2.96. The first-order valence-electron chi connectivity index (χ1n) is 13.8. The minimum Gasteiger partial charge on any atom is -0.376 e. The molecule has 0 radical (unpaired) electrons. The van der Waals surface area contributed by atoms with Gasteiger partial charge in [-0.1, -0.05) is 30.3 Å². The average Bonchev–Trinajstić information content (AvgIpc) is 3.56. The van der Waals surface area contributed by atoms with E-state index >= 15 is 0 Å². The second-order valence-electron chi connectivity index (χ2n) is 11.3. The number of amides is 1. The number of carbonyl (C=O) groups is 1. The number of carbonyl (C=O) groups excluding carboxylic acids is 1. The van der Waals surface area contributed by atoms with Gasteiger partial charge >= 0.3 is 6.18 Å². The van der Waals surface area contributed by atoms with Gasteiger partial charge in [-0.05, 0) is 50.5 Å². The van der Waals surface area contributed by atoms with Crippen molar-refractivity contribution in [3.8, 4) is 0 Å². The predicted octanol–water partition coefficient (Wildman–Crippen LogP) is 5.29. The van der Waals surface area contributed by atoms with Crippen LogP contribution < -0.4 is 5.32 Å². The first kappa shape index (κ1) is 29.9. The van der Waals surface area contributed by atoms with Crippen LogP contribution in [0.25, 0.3) is 0 Å². The van der Waals surface area contributed by atoms with Crippen LogP contribution in [0, 0.1) is 5.82 Å². The molecule has 3 aliphatic rings. The Morgan fingerprint density at radius 1 is 1.05 bits per heavy atom. The van der Waals surface area contributed by atoms with Gasteiger partial charge < -0.3 is 29.0 Å². The quantitative estimate of drug-likeness (QED) is 0.406. The molecule has 2 aromatic carbocycles. The zero-order valence-electron chi connectivity index (χ0n) is 23.0. The van der Waals surface area contributed by atoms with E-state index in [9.17, 15) is 22.4 Å². The highest BCUT2D eigenvalue weighted by molar-refractivity contribution is 5.85. The van der Waals surface area contributed by atoms with Crippen LogP contribution in [-0.4, -0.2) is 54.9 Å². The third-order valence-corrected chi connectivity index (χ3v) is 7.79. The Labute approximate surface area is 236 Å². The molecular weight excluding hydrogens is 546 g/mol. The van der Waals surface area contributed by atoms with Gasteiger partial charge in [0.2, 0.25) is 0 Å². The van der Waals surface area contributed by atoms with E-state index in [1.807, 2.05) is 0 Å². The van der Waals surface area contributed by atoms with E-state index in [0.29, 0.717) is 24.3 Å². The van der Waals surface area contributed by atoms with E-state index in [4.69, 9.17) is 23.7 Å². The molecule has 0 bridgehead atoms. The van der Waals surface area contributed by atoms with E-state index in [1.54, 1.807) is 32.0 Å². The molecule has 1 aliphatic carbocycles. The van der Waals surface area contributed by atoms with Crippen LogP contribution in [0.4, 0.5) is 17.6 Å². The number of fused-ring (bicyclic) bond motifs is 1. The van der Waals surface area contributed by atoms with Crippen LogP contribution in [0.3, 0.4) is 0 Å². The minimum absolute atomic E-state index is 0.0171. The number of halogens is 4. The topological polar surface area (TPSA) is 75.3 Å². The second kappa shape index (κ2) is 12.0. The summed E-state index contributed by atoms with van der Waals surface area (Å²) < 4.78 is 84.0. The summed E-state index contributed by atoms with van der Waals surface area (Å²) in [6.07, 6.45) is -4.41. The smallest absolute Gasteiger partial charge is 0.376 e. The molecule has 2 heterocycles. The molecule has 2 saturated heterocycles. The molecule has 0 aromatic heterocycles. The summed E-state index contributed by atoms with van der Waals surface area (Å²) in [6.45, 7) is 4.29. The number of nitrogens with one attached hydrogen (secondary N) is 1. The Hall–Kier alpha value is -2.57. The lowest BCUT2D eigenvalue weighted by Crippen LogP contribution is -2.60. The van der Waals surface area contributed by atoms with Gasteiger partial charge in [0.25, 0.3) is 5.91 Å². The molecule has 0 spiro atoms. The molecule has 2 aliphatic heterocycles. The van der Waals surface area contributed by atoms with Gasteiger partial charge in [-0.15, -0.1) is 0 Å². The summed E-state index contributed by atoms with van der Waals surface area (Å²) >= 11 is 0. The first-order chi connectivity index (χ1) is 19.4. The van der Waals surface area contributed by atoms with Crippen LogP contribution >= 0.6 is 0 Å². The van der Waals surface area contributed by atoms with Gasteiger partial charge in [0.15, 0.2) is 11.4 Å².